The summed E-state index contributed by atoms with van der Waals surface area (Å²) in [6, 6.07) is 4.51. The first-order valence-corrected chi connectivity index (χ1v) is 6.79. The number of ketones is 1. The van der Waals surface area contributed by atoms with Gasteiger partial charge in [0.05, 0.1) is 4.90 Å². The average Bonchev–Trinajstić information content (AvgIpc) is 2.16. The zero-order chi connectivity index (χ0) is 12.3. The van der Waals surface area contributed by atoms with E-state index in [4.69, 9.17) is 5.73 Å². The zero-order valence-corrected chi connectivity index (χ0v) is 10.2. The van der Waals surface area contributed by atoms with Crippen LogP contribution in [-0.4, -0.2) is 27.0 Å². The molecule has 0 saturated carbocycles. The molecule has 1 aromatic carbocycles. The molecule has 0 unspecified atom stereocenters. The Morgan fingerprint density at radius 3 is 2.44 bits per heavy atom. The highest BCUT2D eigenvalue weighted by Crippen LogP contribution is 2.16. The Morgan fingerprint density at radius 2 is 2.00 bits per heavy atom. The fourth-order valence-corrected chi connectivity index (χ4v) is 2.15. The van der Waals surface area contributed by atoms with Crippen molar-refractivity contribution >= 4 is 15.6 Å². The summed E-state index contributed by atoms with van der Waals surface area (Å²) in [5, 5.41) is 0. The molecule has 0 saturated heterocycles. The van der Waals surface area contributed by atoms with E-state index < -0.39 is 9.84 Å². The molecule has 0 spiro atoms. The van der Waals surface area contributed by atoms with Crippen LogP contribution in [0.15, 0.2) is 23.1 Å². The molecule has 2 N–H and O–H groups in total. The van der Waals surface area contributed by atoms with Crippen LogP contribution >= 0.6 is 0 Å². The molecule has 16 heavy (non-hydrogen) atoms. The largest absolute Gasteiger partial charge is 0.330 e. The molecule has 0 bridgehead atoms. The summed E-state index contributed by atoms with van der Waals surface area (Å²) in [6.45, 7) is 2.02. The van der Waals surface area contributed by atoms with E-state index in [2.05, 4.69) is 0 Å². The molecule has 1 rings (SSSR count). The van der Waals surface area contributed by atoms with Gasteiger partial charge in [0, 0.05) is 18.2 Å². The van der Waals surface area contributed by atoms with Gasteiger partial charge in [-0.25, -0.2) is 8.42 Å². The van der Waals surface area contributed by atoms with Gasteiger partial charge in [-0.1, -0.05) is 0 Å². The number of aryl methyl sites for hydroxylation is 1. The lowest BCUT2D eigenvalue weighted by atomic mass is 10.0. The minimum atomic E-state index is -3.22. The van der Waals surface area contributed by atoms with Crippen molar-refractivity contribution in [3.8, 4) is 0 Å². The van der Waals surface area contributed by atoms with E-state index in [0.717, 1.165) is 6.26 Å². The van der Waals surface area contributed by atoms with Crippen LogP contribution in [0.5, 0.6) is 0 Å². The van der Waals surface area contributed by atoms with Gasteiger partial charge in [0.1, 0.15) is 0 Å². The summed E-state index contributed by atoms with van der Waals surface area (Å²) in [5.74, 6) is -0.0555. The monoisotopic (exact) mass is 241 g/mol. The SMILES string of the molecule is Cc1cc(S(C)(=O)=O)ccc1C(=O)CCN. The Morgan fingerprint density at radius 1 is 1.38 bits per heavy atom. The van der Waals surface area contributed by atoms with Crippen LogP contribution in [0.3, 0.4) is 0 Å². The first-order chi connectivity index (χ1) is 7.36. The van der Waals surface area contributed by atoms with E-state index in [1.54, 1.807) is 13.0 Å². The summed E-state index contributed by atoms with van der Waals surface area (Å²) >= 11 is 0. The van der Waals surface area contributed by atoms with Gasteiger partial charge < -0.3 is 5.73 Å². The molecule has 5 heteroatoms. The molecule has 0 aromatic heterocycles. The van der Waals surface area contributed by atoms with E-state index in [1.165, 1.54) is 12.1 Å². The number of carbonyl (C=O) groups excluding carboxylic acids is 1. The molecule has 0 amide bonds. The second kappa shape index (κ2) is 4.76. The molecule has 0 fully saturated rings. The standard InChI is InChI=1S/C11H15NO3S/c1-8-7-9(16(2,14)15)3-4-10(8)11(13)5-6-12/h3-4,7H,5-6,12H2,1-2H3. The van der Waals surface area contributed by atoms with Crippen molar-refractivity contribution in [2.75, 3.05) is 12.8 Å². The smallest absolute Gasteiger partial charge is 0.175 e. The molecule has 88 valence electrons. The van der Waals surface area contributed by atoms with Gasteiger partial charge in [-0.05, 0) is 37.2 Å². The summed E-state index contributed by atoms with van der Waals surface area (Å²) in [6.07, 6.45) is 1.42. The number of nitrogens with two attached hydrogens (primary N) is 1. The maximum atomic E-state index is 11.6. The lowest BCUT2D eigenvalue weighted by molar-refractivity contribution is 0.0985. The van der Waals surface area contributed by atoms with Crippen molar-refractivity contribution in [3.63, 3.8) is 0 Å². The van der Waals surface area contributed by atoms with Crippen LogP contribution < -0.4 is 5.73 Å². The normalized spacial score (nSPS) is 11.4. The number of hydrogen-bond acceptors (Lipinski definition) is 4. The van der Waals surface area contributed by atoms with Crippen LogP contribution in [-0.2, 0) is 9.84 Å². The predicted octanol–water partition coefficient (Wildman–Crippen LogP) is 0.930. The van der Waals surface area contributed by atoms with Gasteiger partial charge in [-0.15, -0.1) is 0 Å². The van der Waals surface area contributed by atoms with Crippen LogP contribution in [0.4, 0.5) is 0 Å². The molecule has 1 aromatic rings. The predicted molar refractivity (Wildman–Crippen MR) is 62.3 cm³/mol. The average molecular weight is 241 g/mol. The van der Waals surface area contributed by atoms with Crippen LogP contribution in [0, 0.1) is 6.92 Å². The number of benzene rings is 1. The summed E-state index contributed by atoms with van der Waals surface area (Å²) in [5.41, 5.74) is 6.51. The van der Waals surface area contributed by atoms with Gasteiger partial charge in [0.2, 0.25) is 0 Å². The van der Waals surface area contributed by atoms with Gasteiger partial charge in [-0.2, -0.15) is 0 Å². The molecule has 0 radical (unpaired) electrons. The Hall–Kier alpha value is -1.20. The van der Waals surface area contributed by atoms with Crippen LogP contribution in [0.1, 0.15) is 22.3 Å². The van der Waals surface area contributed by atoms with Crippen molar-refractivity contribution in [2.45, 2.75) is 18.2 Å². The molecule has 4 nitrogen and oxygen atoms in total. The highest BCUT2D eigenvalue weighted by atomic mass is 32.2. The first-order valence-electron chi connectivity index (χ1n) is 4.90. The van der Waals surface area contributed by atoms with E-state index in [-0.39, 0.29) is 17.1 Å². The van der Waals surface area contributed by atoms with Gasteiger partial charge >= 0.3 is 0 Å². The lowest BCUT2D eigenvalue weighted by Crippen LogP contribution is -2.10. The quantitative estimate of drug-likeness (QED) is 0.795. The summed E-state index contributed by atoms with van der Waals surface area (Å²) in [4.78, 5) is 11.8. The van der Waals surface area contributed by atoms with Crippen molar-refractivity contribution in [2.24, 2.45) is 5.73 Å². The maximum Gasteiger partial charge on any atom is 0.175 e. The molecule has 0 aliphatic carbocycles. The highest BCUT2D eigenvalue weighted by molar-refractivity contribution is 7.90. The van der Waals surface area contributed by atoms with E-state index in [1.807, 2.05) is 0 Å². The van der Waals surface area contributed by atoms with E-state index >= 15 is 0 Å². The minimum absolute atomic E-state index is 0.0555. The minimum Gasteiger partial charge on any atom is -0.330 e. The Kier molecular flexibility index (Phi) is 3.83. The fraction of sp³-hybridized carbons (Fsp3) is 0.364. The second-order valence-electron chi connectivity index (χ2n) is 3.71. The van der Waals surface area contributed by atoms with Crippen LogP contribution in [0.25, 0.3) is 0 Å². The maximum absolute atomic E-state index is 11.6. The first kappa shape index (κ1) is 12.9. The molecule has 0 heterocycles. The topological polar surface area (TPSA) is 77.2 Å². The number of carbonyl (C=O) groups is 1. The number of rotatable bonds is 4. The van der Waals surface area contributed by atoms with Crippen molar-refractivity contribution in [3.05, 3.63) is 29.3 Å². The third-order valence-corrected chi connectivity index (χ3v) is 3.41. The van der Waals surface area contributed by atoms with Crippen molar-refractivity contribution in [1.82, 2.24) is 0 Å². The number of sulfone groups is 1. The Balaban J connectivity index is 3.15. The molecule has 0 atom stereocenters. The number of hydrogen-bond donors (Lipinski definition) is 1. The molecule has 0 aliphatic rings. The lowest BCUT2D eigenvalue weighted by Gasteiger charge is -2.06. The zero-order valence-electron chi connectivity index (χ0n) is 9.36. The summed E-state index contributed by atoms with van der Waals surface area (Å²) < 4.78 is 22.6. The van der Waals surface area contributed by atoms with Gasteiger partial charge in [-0.3, -0.25) is 4.79 Å². The van der Waals surface area contributed by atoms with E-state index in [9.17, 15) is 13.2 Å². The highest BCUT2D eigenvalue weighted by Gasteiger charge is 2.12. The Bertz CT molecular complexity index is 506. The number of Topliss-reactive ketones (excluding diaryl/α,β-unsaturated/α-hetero) is 1. The molecular formula is C11H15NO3S. The van der Waals surface area contributed by atoms with Crippen LogP contribution in [0.2, 0.25) is 0 Å². The molecular weight excluding hydrogens is 226 g/mol. The summed E-state index contributed by atoms with van der Waals surface area (Å²) in [7, 11) is -3.22. The third kappa shape index (κ3) is 2.90. The third-order valence-electron chi connectivity index (χ3n) is 2.30. The van der Waals surface area contributed by atoms with Crippen molar-refractivity contribution in [1.29, 1.82) is 0 Å². The second-order valence-corrected chi connectivity index (χ2v) is 5.73. The Labute approximate surface area is 95.4 Å². The van der Waals surface area contributed by atoms with Gasteiger partial charge in [0.25, 0.3) is 0 Å². The fourth-order valence-electron chi connectivity index (χ4n) is 1.45. The van der Waals surface area contributed by atoms with Gasteiger partial charge in [0.15, 0.2) is 15.6 Å². The van der Waals surface area contributed by atoms with Crippen molar-refractivity contribution < 1.29 is 13.2 Å². The van der Waals surface area contributed by atoms with E-state index in [0.29, 0.717) is 17.7 Å². The molecule has 0 aliphatic heterocycles.